The van der Waals surface area contributed by atoms with Crippen LogP contribution in [-0.2, 0) is 9.53 Å². The molecule has 1 amide bonds. The standard InChI is InChI=1S/C15H15NO4/c1-9-11-5-3-4-6-12(11)13(18)16(9)15(14(19)20-2)7-10(17)8-15/h3-6,10,17H,1,7-8H2,2H3. The van der Waals surface area contributed by atoms with Gasteiger partial charge in [-0.25, -0.2) is 4.79 Å². The molecule has 1 heterocycles. The summed E-state index contributed by atoms with van der Waals surface area (Å²) < 4.78 is 4.83. The van der Waals surface area contributed by atoms with Gasteiger partial charge in [-0.1, -0.05) is 24.8 Å². The second kappa shape index (κ2) is 4.18. The van der Waals surface area contributed by atoms with Crippen LogP contribution in [0.3, 0.4) is 0 Å². The molecule has 20 heavy (non-hydrogen) atoms. The van der Waals surface area contributed by atoms with Crippen molar-refractivity contribution in [3.05, 3.63) is 42.0 Å². The van der Waals surface area contributed by atoms with Gasteiger partial charge in [-0.05, 0) is 6.07 Å². The van der Waals surface area contributed by atoms with Gasteiger partial charge in [0.05, 0.1) is 13.2 Å². The fourth-order valence-corrected chi connectivity index (χ4v) is 3.09. The number of methoxy groups -OCH3 is 1. The Labute approximate surface area is 116 Å². The molecule has 1 saturated carbocycles. The zero-order chi connectivity index (χ0) is 14.5. The molecule has 104 valence electrons. The van der Waals surface area contributed by atoms with Crippen molar-refractivity contribution >= 4 is 17.6 Å². The normalized spacial score (nSPS) is 28.1. The number of hydrogen-bond acceptors (Lipinski definition) is 4. The average Bonchev–Trinajstić information content (AvgIpc) is 2.67. The minimum atomic E-state index is -1.12. The van der Waals surface area contributed by atoms with Gasteiger partial charge in [0.25, 0.3) is 5.91 Å². The van der Waals surface area contributed by atoms with Crippen LogP contribution in [0.4, 0.5) is 0 Å². The summed E-state index contributed by atoms with van der Waals surface area (Å²) in [6.45, 7) is 3.93. The van der Waals surface area contributed by atoms with Gasteiger partial charge in [0.15, 0.2) is 5.54 Å². The van der Waals surface area contributed by atoms with E-state index in [0.717, 1.165) is 5.56 Å². The molecule has 0 radical (unpaired) electrons. The Morgan fingerprint density at radius 3 is 2.50 bits per heavy atom. The van der Waals surface area contributed by atoms with Crippen molar-refractivity contribution < 1.29 is 19.4 Å². The highest BCUT2D eigenvalue weighted by Gasteiger charge is 2.59. The Hall–Kier alpha value is -2.14. The molecule has 0 spiro atoms. The van der Waals surface area contributed by atoms with E-state index < -0.39 is 17.6 Å². The van der Waals surface area contributed by atoms with Crippen molar-refractivity contribution in [1.29, 1.82) is 0 Å². The minimum Gasteiger partial charge on any atom is -0.467 e. The van der Waals surface area contributed by atoms with Crippen molar-refractivity contribution in [2.45, 2.75) is 24.5 Å². The molecule has 1 aromatic carbocycles. The van der Waals surface area contributed by atoms with Crippen LogP contribution in [0.1, 0.15) is 28.8 Å². The molecule has 1 fully saturated rings. The molecule has 0 aromatic heterocycles. The molecule has 0 bridgehead atoms. The zero-order valence-corrected chi connectivity index (χ0v) is 11.1. The van der Waals surface area contributed by atoms with Crippen molar-refractivity contribution in [3.63, 3.8) is 0 Å². The third-order valence-corrected chi connectivity index (χ3v) is 4.08. The fourth-order valence-electron chi connectivity index (χ4n) is 3.09. The van der Waals surface area contributed by atoms with Gasteiger partial charge in [-0.2, -0.15) is 0 Å². The van der Waals surface area contributed by atoms with Gasteiger partial charge in [-0.15, -0.1) is 0 Å². The number of carbonyl (C=O) groups excluding carboxylic acids is 2. The third-order valence-electron chi connectivity index (χ3n) is 4.08. The maximum Gasteiger partial charge on any atom is 0.332 e. The first kappa shape index (κ1) is 12.9. The molecule has 2 aliphatic rings. The number of esters is 1. The zero-order valence-electron chi connectivity index (χ0n) is 11.1. The summed E-state index contributed by atoms with van der Waals surface area (Å²) in [7, 11) is 1.28. The van der Waals surface area contributed by atoms with Crippen LogP contribution in [0.25, 0.3) is 5.70 Å². The Morgan fingerprint density at radius 2 is 2.00 bits per heavy atom. The van der Waals surface area contributed by atoms with Gasteiger partial charge in [0, 0.05) is 29.7 Å². The summed E-state index contributed by atoms with van der Waals surface area (Å²) in [4.78, 5) is 26.1. The molecule has 1 aromatic rings. The van der Waals surface area contributed by atoms with Crippen LogP contribution in [0, 0.1) is 0 Å². The van der Waals surface area contributed by atoms with E-state index in [9.17, 15) is 14.7 Å². The summed E-state index contributed by atoms with van der Waals surface area (Å²) in [5.74, 6) is -0.770. The number of carbonyl (C=O) groups is 2. The molecule has 3 rings (SSSR count). The van der Waals surface area contributed by atoms with Crippen LogP contribution >= 0.6 is 0 Å². The van der Waals surface area contributed by atoms with E-state index >= 15 is 0 Å². The number of aliphatic hydroxyl groups is 1. The second-order valence-corrected chi connectivity index (χ2v) is 5.22. The number of hydrogen-bond donors (Lipinski definition) is 1. The molecule has 1 aliphatic heterocycles. The highest BCUT2D eigenvalue weighted by molar-refractivity contribution is 6.11. The van der Waals surface area contributed by atoms with Gasteiger partial charge >= 0.3 is 5.97 Å². The Bertz CT molecular complexity index is 581. The number of aliphatic hydroxyl groups excluding tert-OH is 1. The van der Waals surface area contributed by atoms with Crippen molar-refractivity contribution in [3.8, 4) is 0 Å². The molecular formula is C15H15NO4. The summed E-state index contributed by atoms with van der Waals surface area (Å²) in [6, 6.07) is 7.10. The number of benzene rings is 1. The maximum absolute atomic E-state index is 12.5. The highest BCUT2D eigenvalue weighted by atomic mass is 16.5. The van der Waals surface area contributed by atoms with E-state index in [1.54, 1.807) is 18.2 Å². The minimum absolute atomic E-state index is 0.179. The molecule has 0 unspecified atom stereocenters. The van der Waals surface area contributed by atoms with E-state index in [1.165, 1.54) is 12.0 Å². The van der Waals surface area contributed by atoms with E-state index in [-0.39, 0.29) is 18.7 Å². The Kier molecular flexibility index (Phi) is 2.69. The Balaban J connectivity index is 2.05. The predicted molar refractivity (Wildman–Crippen MR) is 71.6 cm³/mol. The number of nitrogens with zero attached hydrogens (tertiary/aromatic N) is 1. The lowest BCUT2D eigenvalue weighted by molar-refractivity contribution is -0.164. The van der Waals surface area contributed by atoms with Gasteiger partial charge in [-0.3, -0.25) is 9.69 Å². The first-order valence-electron chi connectivity index (χ1n) is 6.40. The lowest BCUT2D eigenvalue weighted by atomic mass is 9.72. The molecule has 1 N–H and O–H groups in total. The van der Waals surface area contributed by atoms with E-state index in [2.05, 4.69) is 6.58 Å². The maximum atomic E-state index is 12.5. The van der Waals surface area contributed by atoms with Crippen molar-refractivity contribution in [2.24, 2.45) is 0 Å². The van der Waals surface area contributed by atoms with E-state index in [0.29, 0.717) is 11.3 Å². The molecule has 1 aliphatic carbocycles. The largest absolute Gasteiger partial charge is 0.467 e. The predicted octanol–water partition coefficient (Wildman–Crippen LogP) is 1.18. The topological polar surface area (TPSA) is 66.8 Å². The number of rotatable bonds is 2. The first-order valence-corrected chi connectivity index (χ1v) is 6.40. The summed E-state index contributed by atoms with van der Waals surface area (Å²) >= 11 is 0. The summed E-state index contributed by atoms with van der Waals surface area (Å²) in [5.41, 5.74) is 0.619. The number of amides is 1. The van der Waals surface area contributed by atoms with Crippen LogP contribution in [0.5, 0.6) is 0 Å². The van der Waals surface area contributed by atoms with E-state index in [1.807, 2.05) is 6.07 Å². The Morgan fingerprint density at radius 1 is 1.40 bits per heavy atom. The molecule has 5 heteroatoms. The van der Waals surface area contributed by atoms with Gasteiger partial charge < -0.3 is 9.84 Å². The third kappa shape index (κ3) is 1.47. The average molecular weight is 273 g/mol. The fraction of sp³-hybridized carbons (Fsp3) is 0.333. The lowest BCUT2D eigenvalue weighted by Crippen LogP contribution is -2.64. The van der Waals surface area contributed by atoms with Crippen molar-refractivity contribution in [1.82, 2.24) is 4.90 Å². The van der Waals surface area contributed by atoms with Crippen LogP contribution in [0.2, 0.25) is 0 Å². The van der Waals surface area contributed by atoms with Gasteiger partial charge in [0.1, 0.15) is 0 Å². The van der Waals surface area contributed by atoms with Crippen molar-refractivity contribution in [2.75, 3.05) is 7.11 Å². The molecule has 0 saturated heterocycles. The quantitative estimate of drug-likeness (QED) is 0.822. The summed E-state index contributed by atoms with van der Waals surface area (Å²) in [6.07, 6.45) is -0.241. The molecule has 0 atom stereocenters. The van der Waals surface area contributed by atoms with Crippen LogP contribution in [-0.4, -0.2) is 40.6 Å². The monoisotopic (exact) mass is 273 g/mol. The molecular weight excluding hydrogens is 258 g/mol. The highest BCUT2D eigenvalue weighted by Crippen LogP contribution is 2.47. The molecule has 5 nitrogen and oxygen atoms in total. The SMILES string of the molecule is C=C1c2ccccc2C(=O)N1C1(C(=O)OC)CC(O)C1. The van der Waals surface area contributed by atoms with Crippen LogP contribution in [0.15, 0.2) is 30.8 Å². The van der Waals surface area contributed by atoms with E-state index in [4.69, 9.17) is 4.74 Å². The second-order valence-electron chi connectivity index (χ2n) is 5.22. The van der Waals surface area contributed by atoms with Gasteiger partial charge in [0.2, 0.25) is 0 Å². The first-order chi connectivity index (χ1) is 9.51. The summed E-state index contributed by atoms with van der Waals surface area (Å²) in [5, 5.41) is 9.60. The number of ether oxygens (including phenoxy) is 1. The number of fused-ring (bicyclic) bond motifs is 1. The smallest absolute Gasteiger partial charge is 0.332 e. The lowest BCUT2D eigenvalue weighted by Gasteiger charge is -2.48. The van der Waals surface area contributed by atoms with Crippen LogP contribution < -0.4 is 0 Å².